The molecule has 1 heterocycles. The minimum atomic E-state index is -0.958. The summed E-state index contributed by atoms with van der Waals surface area (Å²) in [5.74, 6) is -0.454. The average Bonchev–Trinajstić information content (AvgIpc) is 3.52. The summed E-state index contributed by atoms with van der Waals surface area (Å²) in [5.41, 5.74) is 2.72. The summed E-state index contributed by atoms with van der Waals surface area (Å²) in [7, 11) is 2.14. The minimum absolute atomic E-state index is 0.227. The third kappa shape index (κ3) is 4.27. The summed E-state index contributed by atoms with van der Waals surface area (Å²) in [5, 5.41) is 5.83. The van der Waals surface area contributed by atoms with E-state index in [0.717, 1.165) is 48.8 Å². The molecule has 2 fully saturated rings. The molecule has 29 heavy (non-hydrogen) atoms. The van der Waals surface area contributed by atoms with Crippen LogP contribution in [0.3, 0.4) is 0 Å². The van der Waals surface area contributed by atoms with Gasteiger partial charge in [-0.05, 0) is 68.8 Å². The monoisotopic (exact) mass is 392 g/mol. The molecule has 152 valence electrons. The Bertz CT molecular complexity index is 897. The fourth-order valence-corrected chi connectivity index (χ4v) is 3.73. The highest BCUT2D eigenvalue weighted by molar-refractivity contribution is 6.16. The van der Waals surface area contributed by atoms with Crippen LogP contribution in [-0.4, -0.2) is 49.9 Å². The predicted octanol–water partition coefficient (Wildman–Crippen LogP) is 3.10. The molecule has 1 aliphatic carbocycles. The van der Waals surface area contributed by atoms with E-state index in [2.05, 4.69) is 27.5 Å². The van der Waals surface area contributed by atoms with Gasteiger partial charge in [-0.2, -0.15) is 0 Å². The Kier molecular flexibility index (Phi) is 5.28. The van der Waals surface area contributed by atoms with Gasteiger partial charge in [0, 0.05) is 43.2 Å². The predicted molar refractivity (Wildman–Crippen MR) is 116 cm³/mol. The first-order chi connectivity index (χ1) is 14.0. The van der Waals surface area contributed by atoms with Crippen molar-refractivity contribution in [1.29, 1.82) is 0 Å². The van der Waals surface area contributed by atoms with Crippen LogP contribution in [0, 0.1) is 12.3 Å². The largest absolute Gasteiger partial charge is 0.369 e. The van der Waals surface area contributed by atoms with Gasteiger partial charge < -0.3 is 20.4 Å². The van der Waals surface area contributed by atoms with Crippen molar-refractivity contribution >= 4 is 28.9 Å². The van der Waals surface area contributed by atoms with Gasteiger partial charge in [0.15, 0.2) is 0 Å². The van der Waals surface area contributed by atoms with Gasteiger partial charge in [0.05, 0.1) is 0 Å². The van der Waals surface area contributed by atoms with E-state index in [9.17, 15) is 9.59 Å². The second kappa shape index (κ2) is 7.87. The summed E-state index contributed by atoms with van der Waals surface area (Å²) >= 11 is 0. The maximum Gasteiger partial charge on any atom is 0.240 e. The lowest BCUT2D eigenvalue weighted by atomic mass is 10.0. The summed E-state index contributed by atoms with van der Waals surface area (Å²) in [6, 6.07) is 15.5. The molecule has 2 aliphatic rings. The molecular weight excluding hydrogens is 364 g/mol. The number of piperazine rings is 1. The third-order valence-electron chi connectivity index (χ3n) is 5.89. The quantitative estimate of drug-likeness (QED) is 0.768. The Balaban J connectivity index is 1.37. The van der Waals surface area contributed by atoms with Crippen LogP contribution < -0.4 is 15.5 Å². The number of likely N-dealkylation sites (N-methyl/N-ethyl adjacent to an activating group) is 1. The highest BCUT2D eigenvalue weighted by atomic mass is 16.2. The smallest absolute Gasteiger partial charge is 0.240 e. The number of nitrogens with one attached hydrogen (secondary N) is 2. The average molecular weight is 393 g/mol. The first kappa shape index (κ1) is 19.5. The lowest BCUT2D eigenvalue weighted by molar-refractivity contribution is -0.131. The number of amides is 2. The van der Waals surface area contributed by atoms with Crippen molar-refractivity contribution in [3.63, 3.8) is 0 Å². The van der Waals surface area contributed by atoms with Crippen LogP contribution in [0.15, 0.2) is 48.5 Å². The van der Waals surface area contributed by atoms with Crippen molar-refractivity contribution in [3.05, 3.63) is 54.1 Å². The fourth-order valence-electron chi connectivity index (χ4n) is 3.73. The first-order valence-electron chi connectivity index (χ1n) is 10.2. The molecule has 0 aromatic heterocycles. The molecule has 2 N–H and O–H groups in total. The van der Waals surface area contributed by atoms with E-state index in [0.29, 0.717) is 12.8 Å². The lowest BCUT2D eigenvalue weighted by Gasteiger charge is -2.34. The summed E-state index contributed by atoms with van der Waals surface area (Å²) in [4.78, 5) is 30.2. The van der Waals surface area contributed by atoms with Crippen molar-refractivity contribution in [3.8, 4) is 0 Å². The molecule has 2 aromatic rings. The van der Waals surface area contributed by atoms with E-state index in [4.69, 9.17) is 0 Å². The van der Waals surface area contributed by atoms with Gasteiger partial charge >= 0.3 is 0 Å². The van der Waals surface area contributed by atoms with Crippen LogP contribution in [0.5, 0.6) is 0 Å². The highest BCUT2D eigenvalue weighted by Crippen LogP contribution is 2.47. The Morgan fingerprint density at radius 1 is 0.862 bits per heavy atom. The molecule has 0 bridgehead atoms. The van der Waals surface area contributed by atoms with E-state index < -0.39 is 5.41 Å². The highest BCUT2D eigenvalue weighted by Gasteiger charge is 2.56. The van der Waals surface area contributed by atoms with Crippen LogP contribution in [0.1, 0.15) is 18.4 Å². The Labute approximate surface area is 171 Å². The SMILES string of the molecule is Cc1cccc(NC(=O)C2(C(=O)Nc3ccc(N4CCN(C)CC4)cc3)CC2)c1. The first-order valence-corrected chi connectivity index (χ1v) is 10.2. The van der Waals surface area contributed by atoms with E-state index in [1.54, 1.807) is 0 Å². The molecule has 2 aromatic carbocycles. The van der Waals surface area contributed by atoms with Crippen molar-refractivity contribution in [2.45, 2.75) is 19.8 Å². The van der Waals surface area contributed by atoms with Crippen molar-refractivity contribution < 1.29 is 9.59 Å². The van der Waals surface area contributed by atoms with Gasteiger partial charge in [-0.15, -0.1) is 0 Å². The van der Waals surface area contributed by atoms with Gasteiger partial charge in [0.25, 0.3) is 0 Å². The van der Waals surface area contributed by atoms with Crippen LogP contribution >= 0.6 is 0 Å². The Morgan fingerprint density at radius 3 is 2.07 bits per heavy atom. The molecule has 6 heteroatoms. The van der Waals surface area contributed by atoms with Crippen LogP contribution in [0.2, 0.25) is 0 Å². The number of aryl methyl sites for hydroxylation is 1. The molecule has 6 nitrogen and oxygen atoms in total. The molecule has 1 aliphatic heterocycles. The number of anilines is 3. The molecular formula is C23H28N4O2. The summed E-state index contributed by atoms with van der Waals surface area (Å²) in [6.45, 7) is 6.09. The normalized spacial score (nSPS) is 18.2. The maximum absolute atomic E-state index is 12.8. The lowest BCUT2D eigenvalue weighted by Crippen LogP contribution is -2.44. The number of rotatable bonds is 5. The van der Waals surface area contributed by atoms with Gasteiger partial charge in [-0.1, -0.05) is 12.1 Å². The molecule has 0 radical (unpaired) electrons. The number of benzene rings is 2. The second-order valence-corrected chi connectivity index (χ2v) is 8.20. The van der Waals surface area contributed by atoms with E-state index >= 15 is 0 Å². The third-order valence-corrected chi connectivity index (χ3v) is 5.89. The minimum Gasteiger partial charge on any atom is -0.369 e. The van der Waals surface area contributed by atoms with Crippen LogP contribution in [0.4, 0.5) is 17.1 Å². The maximum atomic E-state index is 12.8. The van der Waals surface area contributed by atoms with Crippen molar-refractivity contribution in [2.75, 3.05) is 48.8 Å². The second-order valence-electron chi connectivity index (χ2n) is 8.20. The number of hydrogen-bond donors (Lipinski definition) is 2. The molecule has 2 amide bonds. The number of carbonyl (C=O) groups is 2. The summed E-state index contributed by atoms with van der Waals surface area (Å²) in [6.07, 6.45) is 1.16. The number of nitrogens with zero attached hydrogens (tertiary/aromatic N) is 2. The standard InChI is InChI=1S/C23H28N4O2/c1-17-4-3-5-19(16-17)25-22(29)23(10-11-23)21(28)24-18-6-8-20(9-7-18)27-14-12-26(2)13-15-27/h3-9,16H,10-15H2,1-2H3,(H,24,28)(H,25,29). The van der Waals surface area contributed by atoms with Gasteiger partial charge in [0.2, 0.25) is 11.8 Å². The zero-order valence-electron chi connectivity index (χ0n) is 17.1. The molecule has 1 saturated heterocycles. The molecule has 0 spiro atoms. The van der Waals surface area contributed by atoms with Crippen molar-refractivity contribution in [1.82, 2.24) is 4.90 Å². The number of carbonyl (C=O) groups excluding carboxylic acids is 2. The Morgan fingerprint density at radius 2 is 1.48 bits per heavy atom. The van der Waals surface area contributed by atoms with E-state index in [-0.39, 0.29) is 11.8 Å². The molecule has 4 rings (SSSR count). The molecule has 0 atom stereocenters. The van der Waals surface area contributed by atoms with Gasteiger partial charge in [-0.3, -0.25) is 9.59 Å². The van der Waals surface area contributed by atoms with E-state index in [1.807, 2.05) is 55.5 Å². The summed E-state index contributed by atoms with van der Waals surface area (Å²) < 4.78 is 0. The zero-order chi connectivity index (χ0) is 20.4. The molecule has 0 unspecified atom stereocenters. The fraction of sp³-hybridized carbons (Fsp3) is 0.391. The van der Waals surface area contributed by atoms with Crippen LogP contribution in [0.25, 0.3) is 0 Å². The molecule has 1 saturated carbocycles. The van der Waals surface area contributed by atoms with Crippen molar-refractivity contribution in [2.24, 2.45) is 5.41 Å². The topological polar surface area (TPSA) is 64.7 Å². The van der Waals surface area contributed by atoms with Gasteiger partial charge in [0.1, 0.15) is 5.41 Å². The Hall–Kier alpha value is -2.86. The van der Waals surface area contributed by atoms with E-state index in [1.165, 1.54) is 0 Å². The van der Waals surface area contributed by atoms with Crippen LogP contribution in [-0.2, 0) is 9.59 Å². The number of hydrogen-bond acceptors (Lipinski definition) is 4. The zero-order valence-corrected chi connectivity index (χ0v) is 17.1. The van der Waals surface area contributed by atoms with Gasteiger partial charge in [-0.25, -0.2) is 0 Å².